The van der Waals surface area contributed by atoms with Crippen LogP contribution in [0.5, 0.6) is 11.5 Å². The van der Waals surface area contributed by atoms with E-state index in [1.807, 2.05) is 49.6 Å². The summed E-state index contributed by atoms with van der Waals surface area (Å²) in [6.07, 6.45) is 11.7. The van der Waals surface area contributed by atoms with Gasteiger partial charge in [0.1, 0.15) is 23.0 Å². The molecule has 6 aromatic rings. The van der Waals surface area contributed by atoms with E-state index >= 15 is 0 Å². The van der Waals surface area contributed by atoms with Crippen LogP contribution in [0.1, 0.15) is 66.7 Å². The van der Waals surface area contributed by atoms with Gasteiger partial charge in [-0.2, -0.15) is 0 Å². The summed E-state index contributed by atoms with van der Waals surface area (Å²) in [5, 5.41) is 2.13. The van der Waals surface area contributed by atoms with E-state index < -0.39 is 5.66 Å². The molecule has 4 aromatic heterocycles. The Labute approximate surface area is 355 Å². The number of aryl methyl sites for hydroxylation is 3. The van der Waals surface area contributed by atoms with Crippen LogP contribution in [0.4, 0.5) is 5.82 Å². The lowest BCUT2D eigenvalue weighted by molar-refractivity contribution is -0.00285. The summed E-state index contributed by atoms with van der Waals surface area (Å²) < 4.78 is 17.4. The minimum atomic E-state index is -0.817. The fraction of sp³-hybridized carbons (Fsp3) is 0.420. The van der Waals surface area contributed by atoms with E-state index in [0.717, 1.165) is 133 Å². The molecular weight excluding hydrogens is 747 g/mol. The van der Waals surface area contributed by atoms with Gasteiger partial charge in [0, 0.05) is 79.9 Å². The topological polar surface area (TPSA) is 89.0 Å². The highest BCUT2D eigenvalue weighted by atomic mass is 16.5. The molecule has 6 heterocycles. The fourth-order valence-electron chi connectivity index (χ4n) is 9.25. The van der Waals surface area contributed by atoms with E-state index in [1.54, 1.807) is 14.2 Å². The molecule has 2 aliphatic rings. The Morgan fingerprint density at radius 1 is 0.733 bits per heavy atom. The van der Waals surface area contributed by atoms with Crippen LogP contribution in [0.2, 0.25) is 0 Å². The van der Waals surface area contributed by atoms with Gasteiger partial charge in [-0.15, -0.1) is 0 Å². The lowest BCUT2D eigenvalue weighted by Crippen LogP contribution is -2.60. The average Bonchev–Trinajstić information content (AvgIpc) is 3.29. The third kappa shape index (κ3) is 9.41. The Hall–Kier alpha value is -5.16. The average molecular weight is 807 g/mol. The van der Waals surface area contributed by atoms with Gasteiger partial charge in [-0.25, -0.2) is 9.97 Å². The number of anilines is 1. The molecule has 1 atom stereocenters. The highest BCUT2D eigenvalue weighted by Crippen LogP contribution is 2.39. The zero-order valence-electron chi connectivity index (χ0n) is 35.9. The lowest BCUT2D eigenvalue weighted by Gasteiger charge is -2.51. The maximum atomic E-state index is 6.46. The molecule has 0 bridgehead atoms. The molecule has 0 amide bonds. The number of rotatable bonds is 16. The SMILES string of the molecule is [CH2]C(c1ccc2c(C)nccc2n1)(N1CCC(CCCc2ccccc2)CC1)N(CCN1CCC(OCc2cc(OC)cc(OC)c2)CC1)c1ccc2c(C)nccc2n1. The summed E-state index contributed by atoms with van der Waals surface area (Å²) in [7, 11) is 3.36. The van der Waals surface area contributed by atoms with E-state index in [9.17, 15) is 0 Å². The number of methoxy groups -OCH3 is 2. The Morgan fingerprint density at radius 3 is 2.05 bits per heavy atom. The largest absolute Gasteiger partial charge is 0.497 e. The number of benzene rings is 2. The van der Waals surface area contributed by atoms with Gasteiger partial charge in [0.2, 0.25) is 0 Å². The van der Waals surface area contributed by atoms with Crippen molar-refractivity contribution in [2.75, 3.05) is 58.4 Å². The van der Waals surface area contributed by atoms with Crippen molar-refractivity contribution >= 4 is 27.6 Å². The van der Waals surface area contributed by atoms with Crippen LogP contribution in [-0.4, -0.2) is 89.3 Å². The predicted octanol–water partition coefficient (Wildman–Crippen LogP) is 9.12. The summed E-state index contributed by atoms with van der Waals surface area (Å²) in [6.45, 7) is 15.2. The molecule has 2 aromatic carbocycles. The predicted molar refractivity (Wildman–Crippen MR) is 240 cm³/mol. The Morgan fingerprint density at radius 2 is 1.38 bits per heavy atom. The monoisotopic (exact) mass is 806 g/mol. The van der Waals surface area contributed by atoms with Crippen molar-refractivity contribution in [1.29, 1.82) is 0 Å². The Kier molecular flexibility index (Phi) is 13.2. The first kappa shape index (κ1) is 41.6. The van der Waals surface area contributed by atoms with E-state index in [1.165, 1.54) is 18.4 Å². The molecule has 0 saturated carbocycles. The molecule has 0 N–H and O–H groups in total. The Bertz CT molecular complexity index is 2320. The molecular formula is C50H60N7O3. The first-order chi connectivity index (χ1) is 29.3. The van der Waals surface area contributed by atoms with Gasteiger partial charge in [0.05, 0.1) is 43.7 Å². The zero-order valence-corrected chi connectivity index (χ0v) is 35.9. The molecule has 1 unspecified atom stereocenters. The minimum Gasteiger partial charge on any atom is -0.497 e. The number of fused-ring (bicyclic) bond motifs is 2. The van der Waals surface area contributed by atoms with Gasteiger partial charge in [0.15, 0.2) is 0 Å². The number of hydrogen-bond acceptors (Lipinski definition) is 10. The second-order valence-electron chi connectivity index (χ2n) is 16.6. The van der Waals surface area contributed by atoms with Crippen LogP contribution in [0.15, 0.2) is 97.3 Å². The first-order valence-corrected chi connectivity index (χ1v) is 21.7. The van der Waals surface area contributed by atoms with Crippen LogP contribution in [0.3, 0.4) is 0 Å². The number of likely N-dealkylation sites (tertiary alicyclic amines) is 2. The fourth-order valence-corrected chi connectivity index (χ4v) is 9.25. The smallest absolute Gasteiger partial charge is 0.138 e. The lowest BCUT2D eigenvalue weighted by atomic mass is 9.88. The molecule has 2 saturated heterocycles. The quantitative estimate of drug-likeness (QED) is 0.0944. The molecule has 313 valence electrons. The number of ether oxygens (including phenoxy) is 3. The molecule has 60 heavy (non-hydrogen) atoms. The number of nitrogens with zero attached hydrogens (tertiary/aromatic N) is 7. The number of piperidine rings is 2. The summed E-state index contributed by atoms with van der Waals surface area (Å²) in [5.41, 5.74) is 6.41. The van der Waals surface area contributed by atoms with Crippen molar-refractivity contribution in [3.63, 3.8) is 0 Å². The molecule has 2 fully saturated rings. The van der Waals surface area contributed by atoms with Crippen LogP contribution in [0, 0.1) is 26.7 Å². The molecule has 0 aliphatic carbocycles. The number of pyridine rings is 4. The summed E-state index contributed by atoms with van der Waals surface area (Å²) in [6, 6.07) is 29.6. The highest BCUT2D eigenvalue weighted by Gasteiger charge is 2.44. The molecule has 8 rings (SSSR count). The maximum Gasteiger partial charge on any atom is 0.138 e. The summed E-state index contributed by atoms with van der Waals surface area (Å²) >= 11 is 0. The van der Waals surface area contributed by atoms with Crippen molar-refractivity contribution < 1.29 is 14.2 Å². The van der Waals surface area contributed by atoms with Gasteiger partial charge in [-0.3, -0.25) is 14.9 Å². The van der Waals surface area contributed by atoms with E-state index in [0.29, 0.717) is 12.5 Å². The van der Waals surface area contributed by atoms with E-state index in [-0.39, 0.29) is 6.10 Å². The first-order valence-electron chi connectivity index (χ1n) is 21.7. The normalized spacial score (nSPS) is 16.9. The third-order valence-corrected chi connectivity index (χ3v) is 12.9. The number of aromatic nitrogens is 4. The van der Waals surface area contributed by atoms with E-state index in [4.69, 9.17) is 31.1 Å². The van der Waals surface area contributed by atoms with Crippen LogP contribution < -0.4 is 14.4 Å². The minimum absolute atomic E-state index is 0.189. The standard InChI is InChI=1S/C50H60N7O3/c1-36-44-14-16-48(53-46(44)18-24-51-36)50(3,56-28-20-39(21-29-56)13-9-12-38-10-7-6-8-11-38)57(49-17-15-45-37(2)52-25-19-47(45)54-49)31-30-55-26-22-41(23-27-55)60-35-40-32-42(58-4)34-43(33-40)59-5/h6-8,10-11,14-19,24-25,32-34,39,41H,3,9,12-13,20-23,26-31,35H2,1-2,4-5H3. The van der Waals surface area contributed by atoms with Gasteiger partial charge in [0.25, 0.3) is 0 Å². The van der Waals surface area contributed by atoms with Crippen molar-refractivity contribution in [1.82, 2.24) is 29.7 Å². The molecule has 10 heteroatoms. The van der Waals surface area contributed by atoms with E-state index in [2.05, 4.69) is 86.2 Å². The van der Waals surface area contributed by atoms with Crippen LogP contribution in [0.25, 0.3) is 21.8 Å². The summed E-state index contributed by atoms with van der Waals surface area (Å²) in [4.78, 5) is 27.5. The second kappa shape index (κ2) is 19.0. The van der Waals surface area contributed by atoms with Crippen molar-refractivity contribution in [3.8, 4) is 11.5 Å². The van der Waals surface area contributed by atoms with Gasteiger partial charge in [-0.05, 0) is 125 Å². The zero-order chi connectivity index (χ0) is 41.5. The van der Waals surface area contributed by atoms with Gasteiger partial charge >= 0.3 is 0 Å². The molecule has 2 aliphatic heterocycles. The van der Waals surface area contributed by atoms with Crippen molar-refractivity contribution in [2.45, 2.75) is 77.2 Å². The van der Waals surface area contributed by atoms with Gasteiger partial charge < -0.3 is 24.0 Å². The van der Waals surface area contributed by atoms with Crippen LogP contribution >= 0.6 is 0 Å². The van der Waals surface area contributed by atoms with Gasteiger partial charge in [-0.1, -0.05) is 36.8 Å². The molecule has 0 spiro atoms. The van der Waals surface area contributed by atoms with Crippen LogP contribution in [-0.2, 0) is 23.4 Å². The maximum absolute atomic E-state index is 6.46. The third-order valence-electron chi connectivity index (χ3n) is 12.9. The highest BCUT2D eigenvalue weighted by molar-refractivity contribution is 5.83. The Balaban J connectivity index is 1.04. The summed E-state index contributed by atoms with van der Waals surface area (Å²) in [5.74, 6) is 3.13. The second-order valence-corrected chi connectivity index (χ2v) is 16.6. The number of hydrogen-bond donors (Lipinski definition) is 0. The molecule has 10 nitrogen and oxygen atoms in total. The van der Waals surface area contributed by atoms with Crippen molar-refractivity contribution in [2.24, 2.45) is 5.92 Å². The molecule has 1 radical (unpaired) electrons. The van der Waals surface area contributed by atoms with Crippen molar-refractivity contribution in [3.05, 3.63) is 132 Å².